The summed E-state index contributed by atoms with van der Waals surface area (Å²) in [6.45, 7) is 6.47. The van der Waals surface area contributed by atoms with Crippen LogP contribution in [0, 0.1) is 29.9 Å². The van der Waals surface area contributed by atoms with Crippen LogP contribution in [-0.2, 0) is 6.54 Å². The maximum Gasteiger partial charge on any atom is 0.278 e. The highest BCUT2D eigenvalue weighted by atomic mass is 16.6. The van der Waals surface area contributed by atoms with Crippen molar-refractivity contribution in [2.75, 3.05) is 0 Å². The van der Waals surface area contributed by atoms with Gasteiger partial charge in [-0.25, -0.2) is 0 Å². The molecule has 1 aliphatic rings. The molecule has 0 radical (unpaired) electrons. The lowest BCUT2D eigenvalue weighted by Gasteiger charge is -2.17. The van der Waals surface area contributed by atoms with E-state index in [2.05, 4.69) is 17.2 Å². The zero-order chi connectivity index (χ0) is 15.4. The molecule has 1 heterocycles. The molecule has 21 heavy (non-hydrogen) atoms. The van der Waals surface area contributed by atoms with Crippen molar-refractivity contribution in [3.63, 3.8) is 0 Å². The zero-order valence-electron chi connectivity index (χ0n) is 13.2. The SMILES string of the molecule is Cc1cnc(CNC2CCCC(C)CC2)c(C)c1[N+](=O)[O-]. The second-order valence-corrected chi connectivity index (χ2v) is 6.31. The average Bonchev–Trinajstić information content (AvgIpc) is 2.62. The molecule has 0 aromatic carbocycles. The van der Waals surface area contributed by atoms with E-state index in [0.29, 0.717) is 23.7 Å². The van der Waals surface area contributed by atoms with Crippen LogP contribution in [0.2, 0.25) is 0 Å². The summed E-state index contributed by atoms with van der Waals surface area (Å²) < 4.78 is 0. The van der Waals surface area contributed by atoms with Crippen LogP contribution in [0.3, 0.4) is 0 Å². The molecule has 2 unspecified atom stereocenters. The van der Waals surface area contributed by atoms with Crippen LogP contribution >= 0.6 is 0 Å². The Kier molecular flexibility index (Phi) is 5.28. The summed E-state index contributed by atoms with van der Waals surface area (Å²) in [6.07, 6.45) is 7.83. The van der Waals surface area contributed by atoms with E-state index in [0.717, 1.165) is 11.6 Å². The van der Waals surface area contributed by atoms with Crippen molar-refractivity contribution in [1.82, 2.24) is 10.3 Å². The molecule has 2 atom stereocenters. The van der Waals surface area contributed by atoms with E-state index in [1.165, 1.54) is 32.1 Å². The number of nitro groups is 1. The second-order valence-electron chi connectivity index (χ2n) is 6.31. The molecule has 1 aromatic heterocycles. The summed E-state index contributed by atoms with van der Waals surface area (Å²) in [5, 5.41) is 14.7. The number of pyridine rings is 1. The van der Waals surface area contributed by atoms with Gasteiger partial charge in [-0.1, -0.05) is 19.8 Å². The molecule has 0 spiro atoms. The van der Waals surface area contributed by atoms with Crippen LogP contribution in [0.15, 0.2) is 6.20 Å². The number of nitrogens with one attached hydrogen (secondary N) is 1. The van der Waals surface area contributed by atoms with Crippen LogP contribution in [0.4, 0.5) is 5.69 Å². The van der Waals surface area contributed by atoms with Crippen molar-refractivity contribution >= 4 is 5.69 Å². The number of hydrogen-bond donors (Lipinski definition) is 1. The van der Waals surface area contributed by atoms with Crippen molar-refractivity contribution in [3.8, 4) is 0 Å². The Morgan fingerprint density at radius 3 is 2.81 bits per heavy atom. The Morgan fingerprint density at radius 2 is 2.10 bits per heavy atom. The first-order chi connectivity index (χ1) is 9.99. The van der Waals surface area contributed by atoms with E-state index in [4.69, 9.17) is 0 Å². The molecule has 1 aromatic rings. The maximum atomic E-state index is 11.1. The van der Waals surface area contributed by atoms with E-state index in [1.807, 2.05) is 0 Å². The average molecular weight is 291 g/mol. The van der Waals surface area contributed by atoms with Gasteiger partial charge in [0.05, 0.1) is 10.6 Å². The van der Waals surface area contributed by atoms with Gasteiger partial charge in [-0.05, 0) is 39.0 Å². The lowest BCUT2D eigenvalue weighted by atomic mass is 10.0. The summed E-state index contributed by atoms with van der Waals surface area (Å²) >= 11 is 0. The fraction of sp³-hybridized carbons (Fsp3) is 0.688. The van der Waals surface area contributed by atoms with Crippen LogP contribution in [0.1, 0.15) is 55.8 Å². The van der Waals surface area contributed by atoms with Crippen LogP contribution in [0.25, 0.3) is 0 Å². The molecule has 1 aliphatic carbocycles. The van der Waals surface area contributed by atoms with Gasteiger partial charge in [0.25, 0.3) is 5.69 Å². The van der Waals surface area contributed by atoms with Crippen molar-refractivity contribution in [2.24, 2.45) is 5.92 Å². The van der Waals surface area contributed by atoms with Gasteiger partial charge in [0.2, 0.25) is 0 Å². The molecular formula is C16H25N3O2. The van der Waals surface area contributed by atoms with E-state index in [1.54, 1.807) is 20.0 Å². The first kappa shape index (κ1) is 15.9. The third-order valence-electron chi connectivity index (χ3n) is 4.57. The summed E-state index contributed by atoms with van der Waals surface area (Å²) in [5.41, 5.74) is 2.32. The molecule has 1 saturated carbocycles. The molecule has 0 amide bonds. The lowest BCUT2D eigenvalue weighted by Crippen LogP contribution is -2.28. The number of nitrogens with zero attached hydrogens (tertiary/aromatic N) is 2. The first-order valence-corrected chi connectivity index (χ1v) is 7.82. The van der Waals surface area contributed by atoms with Gasteiger partial charge in [0.15, 0.2) is 0 Å². The lowest BCUT2D eigenvalue weighted by molar-refractivity contribution is -0.386. The van der Waals surface area contributed by atoms with Crippen molar-refractivity contribution in [1.29, 1.82) is 0 Å². The fourth-order valence-corrected chi connectivity index (χ4v) is 3.16. The number of aryl methyl sites for hydroxylation is 1. The summed E-state index contributed by atoms with van der Waals surface area (Å²) in [7, 11) is 0. The van der Waals surface area contributed by atoms with E-state index in [9.17, 15) is 10.1 Å². The van der Waals surface area contributed by atoms with Gasteiger partial charge < -0.3 is 5.32 Å². The smallest absolute Gasteiger partial charge is 0.278 e. The topological polar surface area (TPSA) is 68.1 Å². The Balaban J connectivity index is 2.03. The number of aromatic nitrogens is 1. The third kappa shape index (κ3) is 4.00. The molecule has 116 valence electrons. The van der Waals surface area contributed by atoms with Gasteiger partial charge in [0, 0.05) is 29.9 Å². The molecule has 5 nitrogen and oxygen atoms in total. The first-order valence-electron chi connectivity index (χ1n) is 7.82. The van der Waals surface area contributed by atoms with Gasteiger partial charge in [0.1, 0.15) is 0 Å². The minimum absolute atomic E-state index is 0.205. The highest BCUT2D eigenvalue weighted by Crippen LogP contribution is 2.25. The largest absolute Gasteiger partial charge is 0.308 e. The number of hydrogen-bond acceptors (Lipinski definition) is 4. The molecule has 1 fully saturated rings. The highest BCUT2D eigenvalue weighted by Gasteiger charge is 2.20. The van der Waals surface area contributed by atoms with Crippen molar-refractivity contribution in [3.05, 3.63) is 33.1 Å². The molecule has 0 saturated heterocycles. The Labute approximate surface area is 126 Å². The molecule has 2 rings (SSSR count). The van der Waals surface area contributed by atoms with Gasteiger partial charge in [-0.15, -0.1) is 0 Å². The zero-order valence-corrected chi connectivity index (χ0v) is 13.2. The molecular weight excluding hydrogens is 266 g/mol. The predicted molar refractivity (Wildman–Crippen MR) is 83.2 cm³/mol. The highest BCUT2D eigenvalue weighted by molar-refractivity contribution is 5.47. The summed E-state index contributed by atoms with van der Waals surface area (Å²) in [5.74, 6) is 0.817. The molecule has 1 N–H and O–H groups in total. The summed E-state index contributed by atoms with van der Waals surface area (Å²) in [6, 6.07) is 0.511. The summed E-state index contributed by atoms with van der Waals surface area (Å²) in [4.78, 5) is 15.2. The third-order valence-corrected chi connectivity index (χ3v) is 4.57. The Bertz CT molecular complexity index is 516. The van der Waals surface area contributed by atoms with E-state index in [-0.39, 0.29) is 10.6 Å². The maximum absolute atomic E-state index is 11.1. The second kappa shape index (κ2) is 6.98. The fourth-order valence-electron chi connectivity index (χ4n) is 3.16. The monoisotopic (exact) mass is 291 g/mol. The number of rotatable bonds is 4. The van der Waals surface area contributed by atoms with Crippen LogP contribution in [0.5, 0.6) is 0 Å². The quantitative estimate of drug-likeness (QED) is 0.522. The minimum atomic E-state index is -0.302. The normalized spacial score (nSPS) is 22.8. The van der Waals surface area contributed by atoms with Crippen molar-refractivity contribution < 1.29 is 4.92 Å². The van der Waals surface area contributed by atoms with E-state index < -0.39 is 0 Å². The van der Waals surface area contributed by atoms with Crippen LogP contribution < -0.4 is 5.32 Å². The van der Waals surface area contributed by atoms with Crippen LogP contribution in [-0.4, -0.2) is 15.9 Å². The van der Waals surface area contributed by atoms with Gasteiger partial charge in [-0.3, -0.25) is 15.1 Å². The molecule has 0 bridgehead atoms. The minimum Gasteiger partial charge on any atom is -0.308 e. The molecule has 5 heteroatoms. The van der Waals surface area contributed by atoms with Gasteiger partial charge >= 0.3 is 0 Å². The predicted octanol–water partition coefficient (Wildman–Crippen LogP) is 3.67. The standard InChI is InChI=1S/C16H25N3O2/c1-11-5-4-6-14(8-7-11)17-10-15-13(3)16(19(20)21)12(2)9-18-15/h9,11,14,17H,4-8,10H2,1-3H3. The van der Waals surface area contributed by atoms with Gasteiger partial charge in [-0.2, -0.15) is 0 Å². The Morgan fingerprint density at radius 1 is 1.33 bits per heavy atom. The Hall–Kier alpha value is -1.49. The molecule has 0 aliphatic heterocycles. The van der Waals surface area contributed by atoms with Crippen molar-refractivity contribution in [2.45, 2.75) is 65.5 Å². The van der Waals surface area contributed by atoms with E-state index >= 15 is 0 Å².